The third-order valence-corrected chi connectivity index (χ3v) is 7.67. The summed E-state index contributed by atoms with van der Waals surface area (Å²) in [6.07, 6.45) is 11.2. The molecule has 0 saturated carbocycles. The molecular weight excluding hydrogens is 639 g/mol. The van der Waals surface area contributed by atoms with Crippen LogP contribution in [0.25, 0.3) is 0 Å². The summed E-state index contributed by atoms with van der Waals surface area (Å²) in [5.74, 6) is 0. The lowest BCUT2D eigenvalue weighted by Gasteiger charge is -2.28. The number of anilines is 2. The smallest absolute Gasteiger partial charge is 0.164 e. The van der Waals surface area contributed by atoms with E-state index in [0.29, 0.717) is 0 Å². The highest BCUT2D eigenvalue weighted by atomic mass is 35.7. The van der Waals surface area contributed by atoms with E-state index in [9.17, 15) is 0 Å². The minimum Gasteiger partial charge on any atom is -0.344 e. The molecule has 0 amide bonds. The number of allylic oxidation sites excluding steroid dienone is 4. The molecule has 2 aliphatic heterocycles. The number of hydrogen-bond donors (Lipinski definition) is 0. The summed E-state index contributed by atoms with van der Waals surface area (Å²) < 4.78 is 72.2. The average molecular weight is 684 g/mol. The van der Waals surface area contributed by atoms with Crippen molar-refractivity contribution in [1.82, 2.24) is 0 Å². The van der Waals surface area contributed by atoms with Gasteiger partial charge in [-0.15, -0.1) is 20.5 Å². The molecule has 0 bridgehead atoms. The van der Waals surface area contributed by atoms with Gasteiger partial charge in [0.25, 0.3) is 0 Å². The molecule has 0 aliphatic carbocycles. The van der Waals surface area contributed by atoms with Crippen LogP contribution in [0.4, 0.5) is 11.4 Å². The number of benzene rings is 2. The molecule has 14 heteroatoms. The zero-order chi connectivity index (χ0) is 35.1. The van der Waals surface area contributed by atoms with E-state index < -0.39 is 20.5 Å². The Kier molecular flexibility index (Phi) is 13.5. The fourth-order valence-electron chi connectivity index (χ4n) is 5.74. The Hall–Kier alpha value is -2.88. The van der Waals surface area contributed by atoms with Gasteiger partial charge in [0, 0.05) is 58.8 Å². The van der Waals surface area contributed by atoms with Crippen molar-refractivity contribution in [2.45, 2.75) is 51.4 Å². The summed E-state index contributed by atoms with van der Waals surface area (Å²) in [5.41, 5.74) is 8.31. The second kappa shape index (κ2) is 15.8. The number of nitrogens with zero attached hydrogens (tertiary/aromatic N) is 4. The summed E-state index contributed by atoms with van der Waals surface area (Å²) >= 11 is 0. The highest BCUT2D eigenvalue weighted by Gasteiger charge is 2.41. The quantitative estimate of drug-likeness (QED) is 0.159. The summed E-state index contributed by atoms with van der Waals surface area (Å²) in [5, 5.41) is 0. The minimum atomic E-state index is -4.94. The van der Waals surface area contributed by atoms with Gasteiger partial charge in [-0.1, -0.05) is 64.1 Å². The lowest BCUT2D eigenvalue weighted by molar-refractivity contribution is -2.00. The molecule has 0 radical (unpaired) electrons. The third-order valence-electron chi connectivity index (χ3n) is 7.67. The van der Waals surface area contributed by atoms with Crippen molar-refractivity contribution in [2.75, 3.05) is 51.1 Å². The van der Waals surface area contributed by atoms with Crippen LogP contribution in [0.1, 0.15) is 51.7 Å². The summed E-state index contributed by atoms with van der Waals surface area (Å²) in [4.78, 5) is 5.10. The molecule has 2 heterocycles. The van der Waals surface area contributed by atoms with E-state index in [0.717, 1.165) is 25.9 Å². The van der Waals surface area contributed by atoms with Crippen LogP contribution in [0.3, 0.4) is 0 Å². The van der Waals surface area contributed by atoms with Crippen LogP contribution < -0.4 is 47.1 Å². The first-order valence-electron chi connectivity index (χ1n) is 14.5. The number of unbranched alkanes of at least 4 members (excludes halogenated alkanes) is 1. The molecule has 0 unspecified atom stereocenters. The fraction of sp³-hybridized carbons (Fsp3) is 0.438. The monoisotopic (exact) mass is 682 g/mol. The van der Waals surface area contributed by atoms with E-state index in [1.807, 2.05) is 0 Å². The number of fused-ring (bicyclic) bond motifs is 2. The van der Waals surface area contributed by atoms with Crippen LogP contribution in [-0.4, -0.2) is 62.9 Å². The van der Waals surface area contributed by atoms with Crippen molar-refractivity contribution in [3.63, 3.8) is 0 Å². The summed E-state index contributed by atoms with van der Waals surface area (Å²) in [6, 6.07) is 17.8. The van der Waals surface area contributed by atoms with E-state index in [1.54, 1.807) is 0 Å². The van der Waals surface area contributed by atoms with Gasteiger partial charge < -0.3 is 9.80 Å². The van der Waals surface area contributed by atoms with Crippen molar-refractivity contribution in [3.8, 4) is 0 Å². The maximum atomic E-state index is 8.49. The van der Waals surface area contributed by atoms with Gasteiger partial charge in [-0.25, -0.2) is 46.4 Å². The number of rotatable bonds is 7. The molecule has 2 aromatic rings. The molecular formula is C32H44Cl2N4O8. The average Bonchev–Trinajstić information content (AvgIpc) is 3.25. The molecule has 0 atom stereocenters. The topological polar surface area (TPSA) is 197 Å². The largest absolute Gasteiger partial charge is 0.344 e. The first-order chi connectivity index (χ1) is 21.0. The summed E-state index contributed by atoms with van der Waals surface area (Å²) in [6.45, 7) is 11.4. The van der Waals surface area contributed by atoms with Crippen LogP contribution in [0, 0.1) is 20.5 Å². The van der Waals surface area contributed by atoms with Crippen molar-refractivity contribution in [3.05, 3.63) is 83.2 Å². The fourth-order valence-corrected chi connectivity index (χ4v) is 5.74. The molecule has 254 valence electrons. The van der Waals surface area contributed by atoms with Gasteiger partial charge in [0.15, 0.2) is 12.4 Å². The van der Waals surface area contributed by atoms with Crippen molar-refractivity contribution in [2.24, 2.45) is 0 Å². The van der Waals surface area contributed by atoms with Crippen LogP contribution in [-0.2, 0) is 10.8 Å². The normalized spacial score (nSPS) is 17.8. The maximum Gasteiger partial charge on any atom is 0.164 e. The van der Waals surface area contributed by atoms with Gasteiger partial charge in [0.1, 0.15) is 28.2 Å². The molecule has 46 heavy (non-hydrogen) atoms. The molecule has 2 aliphatic rings. The van der Waals surface area contributed by atoms with Gasteiger partial charge in [0.05, 0.1) is 0 Å². The van der Waals surface area contributed by atoms with Crippen molar-refractivity contribution >= 4 is 23.8 Å². The second-order valence-corrected chi connectivity index (χ2v) is 13.9. The lowest BCUT2D eigenvalue weighted by Crippen LogP contribution is -2.68. The molecule has 4 rings (SSSR count). The van der Waals surface area contributed by atoms with Gasteiger partial charge in [-0.2, -0.15) is 0 Å². The van der Waals surface area contributed by atoms with Gasteiger partial charge in [0.2, 0.25) is 0 Å². The van der Waals surface area contributed by atoms with Gasteiger partial charge >= 0.3 is 0 Å². The second-order valence-electron chi connectivity index (χ2n) is 12.4. The Morgan fingerprint density at radius 2 is 0.848 bits per heavy atom. The molecule has 0 N–H and O–H groups in total. The van der Waals surface area contributed by atoms with Gasteiger partial charge in [-0.05, 0) is 36.1 Å². The molecule has 2 aromatic carbocycles. The molecule has 0 spiro atoms. The predicted octanol–water partition coefficient (Wildman–Crippen LogP) is -3.70. The first-order valence-corrected chi connectivity index (χ1v) is 16.9. The summed E-state index contributed by atoms with van der Waals surface area (Å²) in [7, 11) is -1.54. The first kappa shape index (κ1) is 39.3. The van der Waals surface area contributed by atoms with Crippen molar-refractivity contribution in [1.29, 1.82) is 0 Å². The van der Waals surface area contributed by atoms with E-state index >= 15 is 0 Å². The standard InChI is InChI=1S/C32H44N4.2ClHO4/c1-31(2)25-15-9-11-17-27(25)35(29(31)19-23-33(5)6)21-13-14-22-36-28-18-12-10-16-26(28)32(3,4)30(36)20-24-34(7)8;2*2-1(3,4)5/h9-12,15-20,23-24H,13-14,21-22H2,1-8H3;2*(H,2,3,4,5)/q+2;;/p-2. The highest BCUT2D eigenvalue weighted by Crippen LogP contribution is 2.49. The van der Waals surface area contributed by atoms with Crippen LogP contribution in [0.15, 0.2) is 72.1 Å². The zero-order valence-corrected chi connectivity index (χ0v) is 29.1. The maximum absolute atomic E-state index is 8.49. The SMILES string of the molecule is C[N+](C)=CC=C1N(CCCCN2C(=CC=[N+](C)C)C(C)(C)c3ccccc32)c2ccccc2C1(C)C.[O-][Cl+3]([O-])([O-])[O-].[O-][Cl+3]([O-])([O-])[O-]. The minimum absolute atomic E-state index is 0.00105. The van der Waals surface area contributed by atoms with Crippen LogP contribution in [0.5, 0.6) is 0 Å². The predicted molar refractivity (Wildman–Crippen MR) is 155 cm³/mol. The zero-order valence-electron chi connectivity index (χ0n) is 27.6. The lowest BCUT2D eigenvalue weighted by atomic mass is 9.84. The molecule has 12 nitrogen and oxygen atoms in total. The van der Waals surface area contributed by atoms with Crippen molar-refractivity contribution < 1.29 is 66.9 Å². The Labute approximate surface area is 275 Å². The molecule has 0 fully saturated rings. The van der Waals surface area contributed by atoms with E-state index in [1.165, 1.54) is 33.9 Å². The van der Waals surface area contributed by atoms with E-state index in [-0.39, 0.29) is 10.8 Å². The number of halogens is 2. The van der Waals surface area contributed by atoms with Gasteiger partial charge in [-0.3, -0.25) is 0 Å². The number of hydrogen-bond acceptors (Lipinski definition) is 10. The van der Waals surface area contributed by atoms with E-state index in [2.05, 4.69) is 148 Å². The Balaban J connectivity index is 0.000000642. The highest BCUT2D eigenvalue weighted by molar-refractivity contribution is 5.78. The van der Waals surface area contributed by atoms with Crippen LogP contribution >= 0.6 is 0 Å². The Morgan fingerprint density at radius 1 is 0.565 bits per heavy atom. The number of para-hydroxylation sites is 2. The molecule has 0 saturated heterocycles. The third kappa shape index (κ3) is 11.4. The Bertz CT molecular complexity index is 1330. The van der Waals surface area contributed by atoms with E-state index in [4.69, 9.17) is 37.3 Å². The van der Waals surface area contributed by atoms with Crippen LogP contribution in [0.2, 0.25) is 0 Å². The Morgan fingerprint density at radius 3 is 1.13 bits per heavy atom. The molecule has 0 aromatic heterocycles.